The lowest BCUT2D eigenvalue weighted by Gasteiger charge is -2.14. The molecule has 0 aliphatic carbocycles. The van der Waals surface area contributed by atoms with E-state index >= 15 is 0 Å². The van der Waals surface area contributed by atoms with Crippen LogP contribution in [0.4, 0.5) is 4.39 Å². The highest BCUT2D eigenvalue weighted by molar-refractivity contribution is 6.32. The average molecular weight is 445 g/mol. The SMILES string of the molecule is CC(Cn1ccc(-c2cc(F)c(C#N)c(Cl)c2)n1)NC(=O)c1cc(CC(C)(C)O)[nH]n1. The van der Waals surface area contributed by atoms with Gasteiger partial charge in [0.05, 0.1) is 22.9 Å². The molecule has 10 heteroatoms. The molecule has 0 spiro atoms. The second kappa shape index (κ2) is 8.88. The molecule has 1 atom stereocenters. The number of rotatable bonds is 7. The van der Waals surface area contributed by atoms with Crippen LogP contribution in [-0.2, 0) is 13.0 Å². The van der Waals surface area contributed by atoms with Gasteiger partial charge >= 0.3 is 0 Å². The van der Waals surface area contributed by atoms with E-state index in [1.54, 1.807) is 42.9 Å². The lowest BCUT2D eigenvalue weighted by molar-refractivity contribution is 0.0798. The van der Waals surface area contributed by atoms with Gasteiger partial charge in [-0.3, -0.25) is 14.6 Å². The highest BCUT2D eigenvalue weighted by Gasteiger charge is 2.19. The van der Waals surface area contributed by atoms with Crippen molar-refractivity contribution < 1.29 is 14.3 Å². The number of amides is 1. The van der Waals surface area contributed by atoms with Crippen LogP contribution in [0.3, 0.4) is 0 Å². The van der Waals surface area contributed by atoms with Crippen molar-refractivity contribution in [3.63, 3.8) is 0 Å². The first-order valence-corrected chi connectivity index (χ1v) is 9.94. The fourth-order valence-corrected chi connectivity index (χ4v) is 3.35. The van der Waals surface area contributed by atoms with Crippen LogP contribution in [0.15, 0.2) is 30.5 Å². The van der Waals surface area contributed by atoms with Crippen molar-refractivity contribution in [1.82, 2.24) is 25.3 Å². The Labute approximate surface area is 183 Å². The van der Waals surface area contributed by atoms with Crippen molar-refractivity contribution in [3.8, 4) is 17.3 Å². The van der Waals surface area contributed by atoms with Crippen LogP contribution in [-0.4, -0.2) is 42.6 Å². The summed E-state index contributed by atoms with van der Waals surface area (Å²) in [6.07, 6.45) is 2.05. The fourth-order valence-electron chi connectivity index (χ4n) is 3.10. The molecule has 0 saturated carbocycles. The first-order valence-electron chi connectivity index (χ1n) is 9.56. The number of aromatic amines is 1. The summed E-state index contributed by atoms with van der Waals surface area (Å²) < 4.78 is 15.6. The van der Waals surface area contributed by atoms with Crippen LogP contribution >= 0.6 is 11.6 Å². The van der Waals surface area contributed by atoms with Crippen molar-refractivity contribution >= 4 is 17.5 Å². The molecule has 0 radical (unpaired) electrons. The molecule has 1 unspecified atom stereocenters. The molecule has 1 aromatic carbocycles. The van der Waals surface area contributed by atoms with Gasteiger partial charge in [0.2, 0.25) is 0 Å². The minimum atomic E-state index is -0.909. The molecule has 0 fully saturated rings. The van der Waals surface area contributed by atoms with Crippen LogP contribution < -0.4 is 5.32 Å². The maximum atomic E-state index is 14.0. The number of nitrogens with one attached hydrogen (secondary N) is 2. The van der Waals surface area contributed by atoms with Crippen LogP contribution in [0.25, 0.3) is 11.3 Å². The van der Waals surface area contributed by atoms with Crippen LogP contribution in [0.5, 0.6) is 0 Å². The van der Waals surface area contributed by atoms with Crippen molar-refractivity contribution in [2.75, 3.05) is 0 Å². The maximum absolute atomic E-state index is 14.0. The lowest BCUT2D eigenvalue weighted by atomic mass is 10.0. The summed E-state index contributed by atoms with van der Waals surface area (Å²) in [5.41, 5.74) is 0.726. The normalized spacial score (nSPS) is 12.4. The first-order chi connectivity index (χ1) is 14.6. The largest absolute Gasteiger partial charge is 0.390 e. The molecule has 31 heavy (non-hydrogen) atoms. The Morgan fingerprint density at radius 2 is 2.19 bits per heavy atom. The fraction of sp³-hybridized carbons (Fsp3) is 0.333. The van der Waals surface area contributed by atoms with E-state index in [4.69, 9.17) is 16.9 Å². The number of nitriles is 1. The van der Waals surface area contributed by atoms with Gasteiger partial charge in [0.1, 0.15) is 23.1 Å². The van der Waals surface area contributed by atoms with Crippen molar-refractivity contribution in [3.05, 3.63) is 58.3 Å². The Morgan fingerprint density at radius 1 is 1.45 bits per heavy atom. The quantitative estimate of drug-likeness (QED) is 0.517. The summed E-state index contributed by atoms with van der Waals surface area (Å²) in [5, 5.41) is 32.8. The van der Waals surface area contributed by atoms with E-state index in [1.807, 2.05) is 6.92 Å². The van der Waals surface area contributed by atoms with E-state index in [1.165, 1.54) is 12.1 Å². The standard InChI is InChI=1S/C21H22ClFN6O2/c1-12(25-20(30)19-8-14(26-27-19)9-21(2,3)31)11-29-5-4-18(28-29)13-6-16(22)15(10-24)17(23)7-13/h4-8,12,31H,9,11H2,1-3H3,(H,25,30)(H,26,27). The Morgan fingerprint density at radius 3 is 2.84 bits per heavy atom. The number of benzene rings is 1. The minimum absolute atomic E-state index is 0.0237. The van der Waals surface area contributed by atoms with Crippen LogP contribution in [0.1, 0.15) is 42.5 Å². The molecule has 0 aliphatic rings. The number of carbonyl (C=O) groups is 1. The third-order valence-electron chi connectivity index (χ3n) is 4.42. The number of nitrogens with zero attached hydrogens (tertiary/aromatic N) is 4. The summed E-state index contributed by atoms with van der Waals surface area (Å²) >= 11 is 5.96. The predicted octanol–water partition coefficient (Wildman–Crippen LogP) is 3.07. The zero-order valence-electron chi connectivity index (χ0n) is 17.3. The number of aromatic nitrogens is 4. The minimum Gasteiger partial charge on any atom is -0.390 e. The molecule has 3 rings (SSSR count). The molecule has 8 nitrogen and oxygen atoms in total. The van der Waals surface area contributed by atoms with Crippen LogP contribution in [0, 0.1) is 17.1 Å². The van der Waals surface area contributed by atoms with Gasteiger partial charge in [-0.05, 0) is 45.0 Å². The van der Waals surface area contributed by atoms with E-state index in [-0.39, 0.29) is 28.2 Å². The van der Waals surface area contributed by atoms with Gasteiger partial charge in [-0.15, -0.1) is 0 Å². The molecular weight excluding hydrogens is 423 g/mol. The zero-order valence-corrected chi connectivity index (χ0v) is 18.0. The van der Waals surface area contributed by atoms with E-state index < -0.39 is 11.4 Å². The van der Waals surface area contributed by atoms with Gasteiger partial charge in [0.15, 0.2) is 0 Å². The molecule has 1 amide bonds. The molecule has 3 aromatic rings. The van der Waals surface area contributed by atoms with Gasteiger partial charge < -0.3 is 10.4 Å². The third kappa shape index (κ3) is 5.69. The maximum Gasteiger partial charge on any atom is 0.272 e. The highest BCUT2D eigenvalue weighted by atomic mass is 35.5. The highest BCUT2D eigenvalue weighted by Crippen LogP contribution is 2.26. The zero-order chi connectivity index (χ0) is 22.8. The lowest BCUT2D eigenvalue weighted by Crippen LogP contribution is -2.36. The number of H-pyrrole nitrogens is 1. The molecule has 2 aromatic heterocycles. The smallest absolute Gasteiger partial charge is 0.272 e. The average Bonchev–Trinajstić information content (AvgIpc) is 3.29. The van der Waals surface area contributed by atoms with Crippen molar-refractivity contribution in [1.29, 1.82) is 5.26 Å². The van der Waals surface area contributed by atoms with Crippen molar-refractivity contribution in [2.24, 2.45) is 0 Å². The molecule has 0 saturated heterocycles. The summed E-state index contributed by atoms with van der Waals surface area (Å²) in [6.45, 7) is 5.55. The molecular formula is C21H22ClFN6O2. The number of carbonyl (C=O) groups excluding carboxylic acids is 1. The van der Waals surface area contributed by atoms with Gasteiger partial charge in [-0.25, -0.2) is 4.39 Å². The summed E-state index contributed by atoms with van der Waals surface area (Å²) in [7, 11) is 0. The number of hydrogen-bond donors (Lipinski definition) is 3. The second-order valence-corrected chi connectivity index (χ2v) is 8.40. The molecule has 0 bridgehead atoms. The summed E-state index contributed by atoms with van der Waals surface area (Å²) in [6, 6.07) is 7.46. The Balaban J connectivity index is 1.63. The Kier molecular flexibility index (Phi) is 6.43. The predicted molar refractivity (Wildman–Crippen MR) is 113 cm³/mol. The van der Waals surface area contributed by atoms with Gasteiger partial charge in [0.25, 0.3) is 5.91 Å². The topological polar surface area (TPSA) is 120 Å². The van der Waals surface area contributed by atoms with E-state index in [9.17, 15) is 14.3 Å². The molecule has 162 valence electrons. The summed E-state index contributed by atoms with van der Waals surface area (Å²) in [4.78, 5) is 12.4. The van der Waals surface area contributed by atoms with E-state index in [2.05, 4.69) is 20.6 Å². The number of halogens is 2. The third-order valence-corrected chi connectivity index (χ3v) is 4.71. The van der Waals surface area contributed by atoms with E-state index in [0.717, 1.165) is 0 Å². The molecule has 0 aliphatic heterocycles. The van der Waals surface area contributed by atoms with E-state index in [0.29, 0.717) is 29.9 Å². The van der Waals surface area contributed by atoms with Gasteiger partial charge in [-0.2, -0.15) is 15.5 Å². The summed E-state index contributed by atoms with van der Waals surface area (Å²) in [5.74, 6) is -1.05. The van der Waals surface area contributed by atoms with Crippen molar-refractivity contribution in [2.45, 2.75) is 45.4 Å². The molecule has 3 N–H and O–H groups in total. The Bertz CT molecular complexity index is 1120. The first kappa shape index (κ1) is 22.5. The second-order valence-electron chi connectivity index (χ2n) is 7.99. The molecule has 2 heterocycles. The van der Waals surface area contributed by atoms with Crippen LogP contribution in [0.2, 0.25) is 5.02 Å². The van der Waals surface area contributed by atoms with Gasteiger partial charge in [-0.1, -0.05) is 11.6 Å². The van der Waals surface area contributed by atoms with Gasteiger partial charge in [0, 0.05) is 29.9 Å². The number of aliphatic hydroxyl groups is 1. The number of hydrogen-bond acceptors (Lipinski definition) is 5. The monoisotopic (exact) mass is 444 g/mol. The Hall–Kier alpha value is -3.22.